The van der Waals surface area contributed by atoms with Gasteiger partial charge in [0.1, 0.15) is 6.04 Å². The highest BCUT2D eigenvalue weighted by molar-refractivity contribution is 5.88. The van der Waals surface area contributed by atoms with Crippen LogP contribution in [-0.2, 0) is 20.9 Å². The maximum atomic E-state index is 11.5. The zero-order chi connectivity index (χ0) is 17.0. The highest BCUT2D eigenvalue weighted by atomic mass is 16.5. The maximum Gasteiger partial charge on any atom is 0.321 e. The van der Waals surface area contributed by atoms with E-state index >= 15 is 0 Å². The third-order valence-corrected chi connectivity index (χ3v) is 4.26. The minimum atomic E-state index is -1.05. The first kappa shape index (κ1) is 17.5. The van der Waals surface area contributed by atoms with E-state index in [-0.39, 0.29) is 6.10 Å². The Balaban J connectivity index is 2.62. The van der Waals surface area contributed by atoms with Crippen molar-refractivity contribution in [1.29, 1.82) is 0 Å². The lowest BCUT2D eigenvalue weighted by molar-refractivity contribution is -0.140. The predicted octanol–water partition coefficient (Wildman–Crippen LogP) is 2.23. The number of hydrogen-bond donors (Lipinski definition) is 3. The number of carboxylic acids is 1. The number of carboxylic acid groups (broad SMARTS) is 1. The largest absolute Gasteiger partial charge is 0.480 e. The van der Waals surface area contributed by atoms with Crippen molar-refractivity contribution in [2.45, 2.75) is 38.0 Å². The van der Waals surface area contributed by atoms with Gasteiger partial charge in [-0.25, -0.2) is 0 Å². The van der Waals surface area contributed by atoms with Crippen molar-refractivity contribution in [2.75, 3.05) is 14.2 Å². The second-order valence-corrected chi connectivity index (χ2v) is 5.59. The molecule has 0 aliphatic rings. The van der Waals surface area contributed by atoms with Gasteiger partial charge in [0.15, 0.2) is 0 Å². The SMILES string of the molecule is CCC(OC)C(c1c[nH]c2cccc(COC)c12)C(N)C(=O)O. The van der Waals surface area contributed by atoms with Gasteiger partial charge >= 0.3 is 5.97 Å². The first-order valence-corrected chi connectivity index (χ1v) is 7.64. The number of H-pyrrole nitrogens is 1. The summed E-state index contributed by atoms with van der Waals surface area (Å²) < 4.78 is 10.8. The summed E-state index contributed by atoms with van der Waals surface area (Å²) in [5, 5.41) is 10.4. The van der Waals surface area contributed by atoms with Crippen LogP contribution < -0.4 is 5.73 Å². The second-order valence-electron chi connectivity index (χ2n) is 5.59. The normalized spacial score (nSPS) is 15.5. The quantitative estimate of drug-likeness (QED) is 0.693. The smallest absolute Gasteiger partial charge is 0.321 e. The molecule has 0 bridgehead atoms. The number of fused-ring (bicyclic) bond motifs is 1. The van der Waals surface area contributed by atoms with E-state index in [9.17, 15) is 9.90 Å². The van der Waals surface area contributed by atoms with Crippen molar-refractivity contribution in [1.82, 2.24) is 4.98 Å². The Morgan fingerprint density at radius 1 is 1.39 bits per heavy atom. The number of aliphatic carboxylic acids is 1. The van der Waals surface area contributed by atoms with Crippen molar-refractivity contribution in [3.63, 3.8) is 0 Å². The molecule has 0 amide bonds. The average molecular weight is 320 g/mol. The molecule has 2 aromatic rings. The van der Waals surface area contributed by atoms with Gasteiger partial charge in [0.2, 0.25) is 0 Å². The average Bonchev–Trinajstić information content (AvgIpc) is 2.96. The maximum absolute atomic E-state index is 11.5. The summed E-state index contributed by atoms with van der Waals surface area (Å²) in [7, 11) is 3.22. The van der Waals surface area contributed by atoms with Gasteiger partial charge in [0.05, 0.1) is 12.7 Å². The molecule has 0 radical (unpaired) electrons. The Morgan fingerprint density at radius 3 is 2.70 bits per heavy atom. The van der Waals surface area contributed by atoms with Crippen molar-refractivity contribution >= 4 is 16.9 Å². The first-order chi connectivity index (χ1) is 11.0. The van der Waals surface area contributed by atoms with Gasteiger partial charge in [-0.3, -0.25) is 4.79 Å². The Kier molecular flexibility index (Phi) is 5.76. The molecule has 1 aromatic heterocycles. The van der Waals surface area contributed by atoms with Gasteiger partial charge < -0.3 is 25.3 Å². The lowest BCUT2D eigenvalue weighted by atomic mass is 9.84. The Labute approximate surface area is 135 Å². The summed E-state index contributed by atoms with van der Waals surface area (Å²) in [6.45, 7) is 2.40. The van der Waals surface area contributed by atoms with Crippen LogP contribution in [0.15, 0.2) is 24.4 Å². The number of rotatable bonds is 8. The summed E-state index contributed by atoms with van der Waals surface area (Å²) in [4.78, 5) is 14.7. The number of ether oxygens (including phenoxy) is 2. The molecule has 1 aromatic carbocycles. The highest BCUT2D eigenvalue weighted by Gasteiger charge is 2.34. The molecular weight excluding hydrogens is 296 g/mol. The molecule has 126 valence electrons. The molecule has 0 saturated heterocycles. The van der Waals surface area contributed by atoms with E-state index < -0.39 is 17.9 Å². The molecule has 3 unspecified atom stereocenters. The van der Waals surface area contributed by atoms with Gasteiger partial charge in [-0.15, -0.1) is 0 Å². The van der Waals surface area contributed by atoms with Crippen LogP contribution in [0.4, 0.5) is 0 Å². The summed E-state index contributed by atoms with van der Waals surface area (Å²) in [6, 6.07) is 4.82. The van der Waals surface area contributed by atoms with Crippen molar-refractivity contribution in [3.05, 3.63) is 35.5 Å². The van der Waals surface area contributed by atoms with E-state index in [4.69, 9.17) is 15.2 Å². The molecule has 0 spiro atoms. The fraction of sp³-hybridized carbons (Fsp3) is 0.471. The van der Waals surface area contributed by atoms with Crippen LogP contribution in [0.25, 0.3) is 10.9 Å². The molecule has 23 heavy (non-hydrogen) atoms. The lowest BCUT2D eigenvalue weighted by Gasteiger charge is -2.28. The number of hydrogen-bond acceptors (Lipinski definition) is 4. The van der Waals surface area contributed by atoms with Gasteiger partial charge in [-0.2, -0.15) is 0 Å². The number of methoxy groups -OCH3 is 2. The number of nitrogens with one attached hydrogen (secondary N) is 1. The van der Waals surface area contributed by atoms with Crippen LogP contribution in [0.3, 0.4) is 0 Å². The molecule has 0 fully saturated rings. The van der Waals surface area contributed by atoms with E-state index in [2.05, 4.69) is 4.98 Å². The van der Waals surface area contributed by atoms with Gasteiger partial charge in [-0.05, 0) is 23.6 Å². The number of nitrogens with two attached hydrogens (primary N) is 1. The molecule has 6 nitrogen and oxygen atoms in total. The summed E-state index contributed by atoms with van der Waals surface area (Å²) in [5.74, 6) is -1.49. The van der Waals surface area contributed by atoms with E-state index in [1.165, 1.54) is 0 Å². The fourth-order valence-electron chi connectivity index (χ4n) is 3.17. The minimum absolute atomic E-state index is 0.282. The van der Waals surface area contributed by atoms with Gasteiger partial charge in [0.25, 0.3) is 0 Å². The number of benzene rings is 1. The minimum Gasteiger partial charge on any atom is -0.480 e. The number of aromatic amines is 1. The number of carbonyl (C=O) groups is 1. The summed E-state index contributed by atoms with van der Waals surface area (Å²) >= 11 is 0. The topological polar surface area (TPSA) is 97.6 Å². The lowest BCUT2D eigenvalue weighted by Crippen LogP contribution is -2.42. The zero-order valence-electron chi connectivity index (χ0n) is 13.7. The van der Waals surface area contributed by atoms with Crippen molar-refractivity contribution in [3.8, 4) is 0 Å². The predicted molar refractivity (Wildman–Crippen MR) is 88.5 cm³/mol. The number of aromatic nitrogens is 1. The second kappa shape index (κ2) is 7.59. The van der Waals surface area contributed by atoms with Crippen LogP contribution in [0, 0.1) is 0 Å². The van der Waals surface area contributed by atoms with E-state index in [0.29, 0.717) is 13.0 Å². The Hall–Kier alpha value is -1.89. The Morgan fingerprint density at radius 2 is 2.13 bits per heavy atom. The van der Waals surface area contributed by atoms with Crippen LogP contribution in [0.5, 0.6) is 0 Å². The third-order valence-electron chi connectivity index (χ3n) is 4.26. The molecule has 1 heterocycles. The molecule has 2 rings (SSSR count). The summed E-state index contributed by atoms with van der Waals surface area (Å²) in [6.07, 6.45) is 2.22. The highest BCUT2D eigenvalue weighted by Crippen LogP contribution is 2.34. The van der Waals surface area contributed by atoms with E-state index in [0.717, 1.165) is 22.0 Å². The van der Waals surface area contributed by atoms with Gasteiger partial charge in [-0.1, -0.05) is 19.1 Å². The molecular formula is C17H24N2O4. The zero-order valence-corrected chi connectivity index (χ0v) is 13.7. The van der Waals surface area contributed by atoms with Crippen molar-refractivity contribution < 1.29 is 19.4 Å². The van der Waals surface area contributed by atoms with E-state index in [1.54, 1.807) is 14.2 Å². The van der Waals surface area contributed by atoms with Crippen LogP contribution >= 0.6 is 0 Å². The standard InChI is InChI=1S/C17H24N2O4/c1-4-13(23-3)15(16(18)17(20)21)11-8-19-12-7-5-6-10(9-22-2)14(11)12/h5-8,13,15-16,19H,4,9,18H2,1-3H3,(H,20,21). The van der Waals surface area contributed by atoms with Crippen LogP contribution in [-0.4, -0.2) is 42.4 Å². The van der Waals surface area contributed by atoms with Crippen molar-refractivity contribution in [2.24, 2.45) is 5.73 Å². The molecule has 0 aliphatic carbocycles. The third kappa shape index (κ3) is 3.39. The van der Waals surface area contributed by atoms with Crippen LogP contribution in [0.2, 0.25) is 0 Å². The molecule has 6 heteroatoms. The van der Waals surface area contributed by atoms with E-state index in [1.807, 2.05) is 31.3 Å². The monoisotopic (exact) mass is 320 g/mol. The van der Waals surface area contributed by atoms with Crippen LogP contribution in [0.1, 0.15) is 30.4 Å². The summed E-state index contributed by atoms with van der Waals surface area (Å²) in [5.41, 5.74) is 8.78. The molecule has 0 saturated carbocycles. The fourth-order valence-corrected chi connectivity index (χ4v) is 3.17. The molecule has 0 aliphatic heterocycles. The molecule has 4 N–H and O–H groups in total. The first-order valence-electron chi connectivity index (χ1n) is 7.64. The van der Waals surface area contributed by atoms with Gasteiger partial charge in [0, 0.05) is 37.2 Å². The molecule has 3 atom stereocenters. The Bertz CT molecular complexity index is 664.